The average molecular weight is 331 g/mol. The van der Waals surface area contributed by atoms with Crippen LogP contribution in [0.25, 0.3) is 0 Å². The molecule has 3 rings (SSSR count). The Balaban J connectivity index is 1.58. The highest BCUT2D eigenvalue weighted by molar-refractivity contribution is 7.96. The summed E-state index contributed by atoms with van der Waals surface area (Å²) in [6.07, 6.45) is 3.77. The molecule has 2 amide bonds. The van der Waals surface area contributed by atoms with E-state index in [-0.39, 0.29) is 6.03 Å². The zero-order chi connectivity index (χ0) is 16.1. The molecule has 2 heterocycles. The van der Waals surface area contributed by atoms with E-state index in [1.165, 1.54) is 19.3 Å². The van der Waals surface area contributed by atoms with Gasteiger partial charge in [0, 0.05) is 24.8 Å². The first-order valence-corrected chi connectivity index (χ1v) is 8.64. The molecule has 0 spiro atoms. The Morgan fingerprint density at radius 3 is 2.61 bits per heavy atom. The number of amides is 2. The molecule has 6 heteroatoms. The van der Waals surface area contributed by atoms with Crippen LogP contribution in [0.2, 0.25) is 0 Å². The number of furan rings is 1. The van der Waals surface area contributed by atoms with Crippen molar-refractivity contribution in [2.45, 2.75) is 31.3 Å². The highest BCUT2D eigenvalue weighted by atomic mass is 32.2. The molecular formula is C17H21N3O2S. The maximum atomic E-state index is 12.1. The topological polar surface area (TPSA) is 57.5 Å². The standard InChI is InChI=1S/C17H21N3O2S/c1-13-15(19-17(21)18-14-8-4-2-5-9-14)12-16(22-13)23-20-10-6-3-7-11-20/h2,4-5,8-9,12H,3,6-7,10-11H2,1H3,(H2,18,19,21). The number of rotatable bonds is 4. The van der Waals surface area contributed by atoms with Crippen LogP contribution in [0.3, 0.4) is 0 Å². The Hall–Kier alpha value is -1.92. The van der Waals surface area contributed by atoms with Crippen LogP contribution in [-0.4, -0.2) is 23.4 Å². The van der Waals surface area contributed by atoms with Crippen LogP contribution in [0.5, 0.6) is 0 Å². The summed E-state index contributed by atoms with van der Waals surface area (Å²) in [5.74, 6) is 0.715. The van der Waals surface area contributed by atoms with Crippen LogP contribution >= 0.6 is 11.9 Å². The van der Waals surface area contributed by atoms with Crippen molar-refractivity contribution in [2.75, 3.05) is 23.7 Å². The second-order valence-electron chi connectivity index (χ2n) is 5.56. The Bertz CT molecular complexity index is 651. The first-order valence-electron chi connectivity index (χ1n) is 7.87. The van der Waals surface area contributed by atoms with E-state index in [1.54, 1.807) is 11.9 Å². The summed E-state index contributed by atoms with van der Waals surface area (Å²) in [5.41, 5.74) is 1.46. The monoisotopic (exact) mass is 331 g/mol. The van der Waals surface area contributed by atoms with Gasteiger partial charge in [0.05, 0.1) is 5.69 Å². The first-order chi connectivity index (χ1) is 11.2. The Morgan fingerprint density at radius 2 is 1.87 bits per heavy atom. The van der Waals surface area contributed by atoms with Crippen molar-refractivity contribution < 1.29 is 9.21 Å². The van der Waals surface area contributed by atoms with Crippen LogP contribution < -0.4 is 10.6 Å². The summed E-state index contributed by atoms with van der Waals surface area (Å²) in [6, 6.07) is 11.0. The summed E-state index contributed by atoms with van der Waals surface area (Å²) in [6.45, 7) is 4.03. The molecule has 122 valence electrons. The molecule has 2 N–H and O–H groups in total. The van der Waals surface area contributed by atoms with E-state index in [1.807, 2.05) is 43.3 Å². The third-order valence-electron chi connectivity index (χ3n) is 3.71. The van der Waals surface area contributed by atoms with Crippen LogP contribution in [-0.2, 0) is 0 Å². The molecule has 5 nitrogen and oxygen atoms in total. The van der Waals surface area contributed by atoms with Crippen molar-refractivity contribution >= 4 is 29.4 Å². The molecular weight excluding hydrogens is 310 g/mol. The van der Waals surface area contributed by atoms with Gasteiger partial charge in [-0.2, -0.15) is 0 Å². The lowest BCUT2D eigenvalue weighted by molar-refractivity contribution is 0.262. The van der Waals surface area contributed by atoms with Gasteiger partial charge in [-0.05, 0) is 43.8 Å². The number of carbonyl (C=O) groups is 1. The van der Waals surface area contributed by atoms with Crippen molar-refractivity contribution in [2.24, 2.45) is 0 Å². The van der Waals surface area contributed by atoms with Gasteiger partial charge in [0.25, 0.3) is 0 Å². The third kappa shape index (κ3) is 4.53. The summed E-state index contributed by atoms with van der Waals surface area (Å²) in [5, 5.41) is 6.46. The molecule has 1 aromatic carbocycles. The highest BCUT2D eigenvalue weighted by Crippen LogP contribution is 2.32. The smallest absolute Gasteiger partial charge is 0.323 e. The van der Waals surface area contributed by atoms with Gasteiger partial charge in [-0.3, -0.25) is 0 Å². The van der Waals surface area contributed by atoms with Crippen molar-refractivity contribution in [1.29, 1.82) is 0 Å². The molecule has 0 atom stereocenters. The van der Waals surface area contributed by atoms with E-state index in [2.05, 4.69) is 14.9 Å². The van der Waals surface area contributed by atoms with Gasteiger partial charge < -0.3 is 15.1 Å². The summed E-state index contributed by atoms with van der Waals surface area (Å²) < 4.78 is 8.06. The zero-order valence-electron chi connectivity index (χ0n) is 13.2. The van der Waals surface area contributed by atoms with E-state index in [0.29, 0.717) is 11.4 Å². The lowest BCUT2D eigenvalue weighted by atomic mass is 10.2. The summed E-state index contributed by atoms with van der Waals surface area (Å²) in [7, 11) is 0. The van der Waals surface area contributed by atoms with Gasteiger partial charge in [-0.15, -0.1) is 0 Å². The number of nitrogens with one attached hydrogen (secondary N) is 2. The van der Waals surface area contributed by atoms with Gasteiger partial charge in [0.1, 0.15) is 5.76 Å². The van der Waals surface area contributed by atoms with Crippen LogP contribution in [0, 0.1) is 6.92 Å². The number of urea groups is 1. The van der Waals surface area contributed by atoms with Crippen molar-refractivity contribution in [3.8, 4) is 0 Å². The fourth-order valence-corrected chi connectivity index (χ4v) is 3.54. The summed E-state index contributed by atoms with van der Waals surface area (Å²) in [4.78, 5) is 12.1. The van der Waals surface area contributed by atoms with Gasteiger partial charge in [-0.1, -0.05) is 24.6 Å². The normalized spacial score (nSPS) is 15.3. The quantitative estimate of drug-likeness (QED) is 0.796. The molecule has 23 heavy (non-hydrogen) atoms. The molecule has 1 aromatic heterocycles. The minimum absolute atomic E-state index is 0.269. The predicted molar refractivity (Wildman–Crippen MR) is 93.8 cm³/mol. The van der Waals surface area contributed by atoms with E-state index in [9.17, 15) is 4.79 Å². The number of hydrogen-bond acceptors (Lipinski definition) is 4. The SMILES string of the molecule is Cc1oc(SN2CCCCC2)cc1NC(=O)Nc1ccccc1. The van der Waals surface area contributed by atoms with Crippen molar-refractivity contribution in [3.05, 3.63) is 42.2 Å². The van der Waals surface area contributed by atoms with E-state index >= 15 is 0 Å². The number of benzene rings is 1. The van der Waals surface area contributed by atoms with E-state index in [0.717, 1.165) is 23.9 Å². The Morgan fingerprint density at radius 1 is 1.13 bits per heavy atom. The van der Waals surface area contributed by atoms with E-state index < -0.39 is 0 Å². The van der Waals surface area contributed by atoms with Gasteiger partial charge in [-0.25, -0.2) is 9.10 Å². The van der Waals surface area contributed by atoms with Crippen molar-refractivity contribution in [1.82, 2.24) is 4.31 Å². The molecule has 1 saturated heterocycles. The van der Waals surface area contributed by atoms with Gasteiger partial charge >= 0.3 is 6.03 Å². The number of hydrogen-bond donors (Lipinski definition) is 2. The lowest BCUT2D eigenvalue weighted by Gasteiger charge is -2.23. The van der Waals surface area contributed by atoms with Gasteiger partial charge in [0.2, 0.25) is 0 Å². The molecule has 0 unspecified atom stereocenters. The molecule has 0 radical (unpaired) electrons. The second-order valence-corrected chi connectivity index (χ2v) is 6.66. The fraction of sp³-hybridized carbons (Fsp3) is 0.353. The number of nitrogens with zero attached hydrogens (tertiary/aromatic N) is 1. The number of carbonyl (C=O) groups excluding carboxylic acids is 1. The molecule has 1 aliphatic rings. The predicted octanol–water partition coefficient (Wildman–Crippen LogP) is 4.73. The maximum Gasteiger partial charge on any atom is 0.323 e. The molecule has 0 saturated carbocycles. The molecule has 1 fully saturated rings. The average Bonchev–Trinajstić information content (AvgIpc) is 2.88. The number of piperidine rings is 1. The molecule has 2 aromatic rings. The minimum Gasteiger partial charge on any atom is -0.452 e. The number of aryl methyl sites for hydroxylation is 1. The number of para-hydroxylation sites is 1. The lowest BCUT2D eigenvalue weighted by Crippen LogP contribution is -2.22. The van der Waals surface area contributed by atoms with E-state index in [4.69, 9.17) is 4.42 Å². The minimum atomic E-state index is -0.269. The third-order valence-corrected chi connectivity index (χ3v) is 4.71. The second kappa shape index (κ2) is 7.57. The van der Waals surface area contributed by atoms with Gasteiger partial charge in [0.15, 0.2) is 5.09 Å². The Kier molecular flexibility index (Phi) is 5.25. The first kappa shape index (κ1) is 16.0. The van der Waals surface area contributed by atoms with Crippen LogP contribution in [0.15, 0.2) is 45.9 Å². The largest absolute Gasteiger partial charge is 0.452 e. The van der Waals surface area contributed by atoms with Crippen LogP contribution in [0.1, 0.15) is 25.0 Å². The summed E-state index contributed by atoms with van der Waals surface area (Å²) >= 11 is 1.63. The number of anilines is 2. The van der Waals surface area contributed by atoms with Crippen LogP contribution in [0.4, 0.5) is 16.2 Å². The highest BCUT2D eigenvalue weighted by Gasteiger charge is 2.16. The zero-order valence-corrected chi connectivity index (χ0v) is 14.0. The fourth-order valence-electron chi connectivity index (χ4n) is 2.51. The Labute approximate surface area is 140 Å². The maximum absolute atomic E-state index is 12.1. The molecule has 0 bridgehead atoms. The molecule has 1 aliphatic heterocycles. The van der Waals surface area contributed by atoms with Crippen molar-refractivity contribution in [3.63, 3.8) is 0 Å². The molecule has 0 aliphatic carbocycles.